The van der Waals surface area contributed by atoms with Crippen molar-refractivity contribution < 1.29 is 19.3 Å². The van der Waals surface area contributed by atoms with E-state index < -0.39 is 6.10 Å². The molecular formula is C28H33N3O4. The Morgan fingerprint density at radius 3 is 2.97 bits per heavy atom. The summed E-state index contributed by atoms with van der Waals surface area (Å²) in [6.45, 7) is 2.82. The molecule has 1 aromatic heterocycles. The zero-order valence-electron chi connectivity index (χ0n) is 20.2. The largest absolute Gasteiger partial charge is 0.497 e. The van der Waals surface area contributed by atoms with Crippen molar-refractivity contribution in [1.82, 2.24) is 15.2 Å². The minimum Gasteiger partial charge on any atom is -0.497 e. The zero-order chi connectivity index (χ0) is 23.8. The first kappa shape index (κ1) is 22.6. The molecule has 0 spiro atoms. The fourth-order valence-electron chi connectivity index (χ4n) is 6.17. The smallest absolute Gasteiger partial charge is 0.231 e. The van der Waals surface area contributed by atoms with Crippen molar-refractivity contribution in [1.29, 1.82) is 0 Å². The number of β-amino-alcohol motifs (C(OH)–C–C–N with tert-alkyl or cyclic N) is 1. The van der Waals surface area contributed by atoms with Gasteiger partial charge in [-0.15, -0.1) is 0 Å². The van der Waals surface area contributed by atoms with Gasteiger partial charge in [0.1, 0.15) is 5.75 Å². The van der Waals surface area contributed by atoms with Gasteiger partial charge in [0.2, 0.25) is 6.79 Å². The van der Waals surface area contributed by atoms with Crippen molar-refractivity contribution >= 4 is 10.9 Å². The molecule has 35 heavy (non-hydrogen) atoms. The van der Waals surface area contributed by atoms with Crippen molar-refractivity contribution in [3.8, 4) is 17.2 Å². The Morgan fingerprint density at radius 1 is 1.14 bits per heavy atom. The average Bonchev–Trinajstić information content (AvgIpc) is 3.53. The topological polar surface area (TPSA) is 76.1 Å². The lowest BCUT2D eigenvalue weighted by molar-refractivity contribution is 0.0510. The Kier molecular flexibility index (Phi) is 6.22. The van der Waals surface area contributed by atoms with Crippen molar-refractivity contribution in [2.45, 2.75) is 50.4 Å². The number of aliphatic hydroxyl groups is 1. The van der Waals surface area contributed by atoms with Gasteiger partial charge in [0.15, 0.2) is 11.5 Å². The second kappa shape index (κ2) is 9.64. The summed E-state index contributed by atoms with van der Waals surface area (Å²) in [5, 5.41) is 16.0. The first-order valence-electron chi connectivity index (χ1n) is 12.6. The van der Waals surface area contributed by atoms with Gasteiger partial charge in [-0.3, -0.25) is 9.88 Å². The maximum absolute atomic E-state index is 11.3. The molecule has 3 heterocycles. The number of nitrogens with one attached hydrogen (secondary N) is 1. The highest BCUT2D eigenvalue weighted by atomic mass is 16.7. The summed E-state index contributed by atoms with van der Waals surface area (Å²) in [5.41, 5.74) is 3.02. The van der Waals surface area contributed by atoms with Crippen LogP contribution in [0.2, 0.25) is 0 Å². The minimum atomic E-state index is -0.563. The van der Waals surface area contributed by atoms with Crippen molar-refractivity contribution in [2.75, 3.05) is 27.0 Å². The first-order valence-corrected chi connectivity index (χ1v) is 12.6. The molecule has 4 atom stereocenters. The molecule has 2 aromatic carbocycles. The summed E-state index contributed by atoms with van der Waals surface area (Å²) in [4.78, 5) is 6.99. The van der Waals surface area contributed by atoms with E-state index in [0.29, 0.717) is 31.3 Å². The Hall–Kier alpha value is -2.87. The Labute approximate surface area is 206 Å². The van der Waals surface area contributed by atoms with Crippen LogP contribution in [-0.2, 0) is 6.54 Å². The van der Waals surface area contributed by atoms with Crippen LogP contribution in [0.1, 0.15) is 42.9 Å². The highest BCUT2D eigenvalue weighted by molar-refractivity contribution is 5.83. The number of likely N-dealkylation sites (tertiary alicyclic amines) is 1. The third-order valence-electron chi connectivity index (χ3n) is 7.93. The molecule has 0 radical (unpaired) electrons. The molecule has 1 saturated heterocycles. The fraction of sp³-hybridized carbons (Fsp3) is 0.464. The zero-order valence-corrected chi connectivity index (χ0v) is 20.2. The van der Waals surface area contributed by atoms with E-state index in [1.165, 1.54) is 24.8 Å². The molecule has 184 valence electrons. The van der Waals surface area contributed by atoms with Crippen LogP contribution in [0.4, 0.5) is 0 Å². The van der Waals surface area contributed by atoms with Gasteiger partial charge < -0.3 is 24.6 Å². The summed E-state index contributed by atoms with van der Waals surface area (Å²) in [6.07, 6.45) is 6.00. The van der Waals surface area contributed by atoms with Crippen molar-refractivity contribution in [2.24, 2.45) is 5.92 Å². The lowest BCUT2D eigenvalue weighted by atomic mass is 9.91. The minimum absolute atomic E-state index is 0.308. The van der Waals surface area contributed by atoms with Gasteiger partial charge in [-0.2, -0.15) is 0 Å². The van der Waals surface area contributed by atoms with Crippen LogP contribution in [0.3, 0.4) is 0 Å². The van der Waals surface area contributed by atoms with E-state index in [9.17, 15) is 5.11 Å². The van der Waals surface area contributed by atoms with E-state index in [0.717, 1.165) is 53.2 Å². The molecule has 0 amide bonds. The molecule has 4 unspecified atom stereocenters. The third-order valence-corrected chi connectivity index (χ3v) is 7.93. The van der Waals surface area contributed by atoms with Crippen LogP contribution in [0, 0.1) is 5.92 Å². The number of aliphatic hydroxyl groups excluding tert-OH is 1. The summed E-state index contributed by atoms with van der Waals surface area (Å²) in [7, 11) is 1.67. The number of benzene rings is 2. The number of hydrogen-bond acceptors (Lipinski definition) is 7. The number of ether oxygens (including phenoxy) is 3. The molecule has 1 aliphatic carbocycles. The van der Waals surface area contributed by atoms with Gasteiger partial charge in [0, 0.05) is 36.8 Å². The van der Waals surface area contributed by atoms with E-state index in [4.69, 9.17) is 14.2 Å². The van der Waals surface area contributed by atoms with Crippen molar-refractivity contribution in [3.63, 3.8) is 0 Å². The van der Waals surface area contributed by atoms with Crippen LogP contribution in [0.5, 0.6) is 17.2 Å². The quantitative estimate of drug-likeness (QED) is 0.534. The second-order valence-corrected chi connectivity index (χ2v) is 10.0. The van der Waals surface area contributed by atoms with Gasteiger partial charge in [0.25, 0.3) is 0 Å². The normalized spacial score (nSPS) is 24.5. The number of methoxy groups -OCH3 is 1. The molecular weight excluding hydrogens is 442 g/mol. The molecule has 1 saturated carbocycles. The van der Waals surface area contributed by atoms with Crippen LogP contribution >= 0.6 is 0 Å². The molecule has 6 rings (SSSR count). The molecule has 3 aromatic rings. The lowest BCUT2D eigenvalue weighted by Gasteiger charge is -2.38. The summed E-state index contributed by atoms with van der Waals surface area (Å²) in [5.74, 6) is 3.13. The van der Waals surface area contributed by atoms with Crippen LogP contribution in [0.25, 0.3) is 10.9 Å². The number of aromatic nitrogens is 1. The van der Waals surface area contributed by atoms with E-state index in [2.05, 4.69) is 27.3 Å². The molecule has 2 N–H and O–H groups in total. The molecule has 7 nitrogen and oxygen atoms in total. The van der Waals surface area contributed by atoms with E-state index >= 15 is 0 Å². The SMILES string of the molecule is COc1ccc2nccc(C(O)CN3CCCC4CC(NCc5ccc6c(c5)OCO6)CC43)c2c1. The Morgan fingerprint density at radius 2 is 2.06 bits per heavy atom. The number of rotatable bonds is 7. The molecule has 3 aliphatic rings. The molecule has 2 fully saturated rings. The van der Waals surface area contributed by atoms with E-state index in [1.54, 1.807) is 13.3 Å². The maximum atomic E-state index is 11.3. The Balaban J connectivity index is 1.11. The summed E-state index contributed by atoms with van der Waals surface area (Å²) >= 11 is 0. The highest BCUT2D eigenvalue weighted by Gasteiger charge is 2.40. The van der Waals surface area contributed by atoms with E-state index in [-0.39, 0.29) is 0 Å². The maximum Gasteiger partial charge on any atom is 0.231 e. The van der Waals surface area contributed by atoms with Crippen molar-refractivity contribution in [3.05, 3.63) is 59.8 Å². The number of pyridine rings is 1. The Bertz CT molecular complexity index is 1200. The van der Waals surface area contributed by atoms with Crippen LogP contribution < -0.4 is 19.5 Å². The van der Waals surface area contributed by atoms with E-state index in [1.807, 2.05) is 30.3 Å². The molecule has 2 aliphatic heterocycles. The van der Waals surface area contributed by atoms with Gasteiger partial charge in [-0.25, -0.2) is 0 Å². The predicted molar refractivity (Wildman–Crippen MR) is 134 cm³/mol. The van der Waals surface area contributed by atoms with Gasteiger partial charge in [-0.05, 0) is 85.7 Å². The summed E-state index contributed by atoms with van der Waals surface area (Å²) < 4.78 is 16.4. The number of hydrogen-bond donors (Lipinski definition) is 2. The fourth-order valence-corrected chi connectivity index (χ4v) is 6.17. The molecule has 7 heteroatoms. The third kappa shape index (κ3) is 4.56. The van der Waals surface area contributed by atoms with Gasteiger partial charge in [-0.1, -0.05) is 6.07 Å². The summed E-state index contributed by atoms with van der Waals surface area (Å²) in [6, 6.07) is 15.0. The first-order chi connectivity index (χ1) is 17.2. The van der Waals surface area contributed by atoms with Gasteiger partial charge >= 0.3 is 0 Å². The standard InChI is InChI=1S/C28H33N3O4/c1-33-21-5-6-24-23(14-21)22(8-9-29-24)26(32)16-31-10-2-3-19-12-20(13-25(19)31)30-15-18-4-7-27-28(11-18)35-17-34-27/h4-9,11,14,19-20,25-26,30,32H,2-3,10,12-13,15-17H2,1H3. The highest BCUT2D eigenvalue weighted by Crippen LogP contribution is 2.39. The van der Waals surface area contributed by atoms with Gasteiger partial charge in [0.05, 0.1) is 18.7 Å². The monoisotopic (exact) mass is 475 g/mol. The predicted octanol–water partition coefficient (Wildman–Crippen LogP) is 4.04. The number of piperidine rings is 1. The number of fused-ring (bicyclic) bond motifs is 3. The average molecular weight is 476 g/mol. The second-order valence-electron chi connectivity index (χ2n) is 10.0. The molecule has 0 bridgehead atoms. The van der Waals surface area contributed by atoms with Crippen LogP contribution in [-0.4, -0.2) is 54.1 Å². The van der Waals surface area contributed by atoms with Crippen LogP contribution in [0.15, 0.2) is 48.7 Å². The lowest BCUT2D eigenvalue weighted by Crippen LogP contribution is -2.44. The number of nitrogens with zero attached hydrogens (tertiary/aromatic N) is 2.